The van der Waals surface area contributed by atoms with Crippen molar-refractivity contribution in [1.29, 1.82) is 5.26 Å². The maximum atomic E-state index is 12.1. The Morgan fingerprint density at radius 2 is 2.18 bits per heavy atom. The lowest BCUT2D eigenvalue weighted by Gasteiger charge is -2.46. The van der Waals surface area contributed by atoms with Crippen LogP contribution in [-0.4, -0.2) is 37.4 Å². The third-order valence-electron chi connectivity index (χ3n) is 4.16. The van der Waals surface area contributed by atoms with Crippen LogP contribution in [0.15, 0.2) is 0 Å². The number of nitrogens with zero attached hydrogens (tertiary/aromatic N) is 1. The van der Waals surface area contributed by atoms with Crippen LogP contribution in [0.2, 0.25) is 0 Å². The molecule has 1 N–H and O–H groups in total. The van der Waals surface area contributed by atoms with E-state index in [2.05, 4.69) is 30.8 Å². The Hall–Kier alpha value is -1.97. The minimum Gasteiger partial charge on any atom is -0.430 e. The van der Waals surface area contributed by atoms with Gasteiger partial charge in [-0.3, -0.25) is 4.79 Å². The molecule has 1 amide bonds. The zero-order valence-corrected chi connectivity index (χ0v) is 13.2. The predicted molar refractivity (Wildman–Crippen MR) is 75.5 cm³/mol. The van der Waals surface area contributed by atoms with Crippen LogP contribution in [0.5, 0.6) is 0 Å². The molecule has 22 heavy (non-hydrogen) atoms. The number of hydrogen-bond acceptors (Lipinski definition) is 6. The molecule has 1 aliphatic carbocycles. The molecule has 1 heterocycles. The number of carbonyl (C=O) groups is 2. The van der Waals surface area contributed by atoms with Crippen LogP contribution in [0.4, 0.5) is 4.79 Å². The minimum absolute atomic E-state index is 0.0205. The summed E-state index contributed by atoms with van der Waals surface area (Å²) in [4.78, 5) is 23.0. The van der Waals surface area contributed by atoms with Crippen molar-refractivity contribution in [3.8, 4) is 6.26 Å². The SMILES string of the molecule is CC1(C)CC(NC(=O)C2COC(=O)O2)CC(C)(COC#N)C1. The van der Waals surface area contributed by atoms with Crippen molar-refractivity contribution in [1.82, 2.24) is 5.32 Å². The van der Waals surface area contributed by atoms with Gasteiger partial charge in [0, 0.05) is 11.5 Å². The van der Waals surface area contributed by atoms with E-state index in [4.69, 9.17) is 14.7 Å². The highest BCUT2D eigenvalue weighted by Crippen LogP contribution is 2.46. The molecule has 2 fully saturated rings. The first-order valence-electron chi connectivity index (χ1n) is 7.38. The number of ether oxygens (including phenoxy) is 3. The van der Waals surface area contributed by atoms with Crippen molar-refractivity contribution in [3.05, 3.63) is 0 Å². The van der Waals surface area contributed by atoms with Crippen LogP contribution < -0.4 is 5.32 Å². The van der Waals surface area contributed by atoms with E-state index >= 15 is 0 Å². The standard InChI is InChI=1S/C15H22N2O5/c1-14(2)4-10(5-15(3,7-14)8-20-9-16)17-12(18)11-6-21-13(19)22-11/h10-11H,4-8H2,1-3H3,(H,17,18). The van der Waals surface area contributed by atoms with Gasteiger partial charge in [-0.05, 0) is 24.7 Å². The van der Waals surface area contributed by atoms with Crippen molar-refractivity contribution in [2.45, 2.75) is 52.2 Å². The normalized spacial score (nSPS) is 33.3. The van der Waals surface area contributed by atoms with Gasteiger partial charge in [0.05, 0.1) is 0 Å². The topological polar surface area (TPSA) is 97.7 Å². The zero-order chi connectivity index (χ0) is 16.4. The lowest BCUT2D eigenvalue weighted by atomic mass is 9.63. The van der Waals surface area contributed by atoms with Crippen molar-refractivity contribution in [3.63, 3.8) is 0 Å². The molecule has 7 heteroatoms. The molecular weight excluding hydrogens is 288 g/mol. The summed E-state index contributed by atoms with van der Waals surface area (Å²) in [5.74, 6) is -0.336. The van der Waals surface area contributed by atoms with Crippen LogP contribution in [0.3, 0.4) is 0 Å². The Balaban J connectivity index is 1.99. The molecule has 0 bridgehead atoms. The van der Waals surface area contributed by atoms with Crippen LogP contribution >= 0.6 is 0 Å². The molecule has 1 aliphatic heterocycles. The third-order valence-corrected chi connectivity index (χ3v) is 4.16. The summed E-state index contributed by atoms with van der Waals surface area (Å²) >= 11 is 0. The molecule has 2 rings (SSSR count). The minimum atomic E-state index is -0.876. The fourth-order valence-electron chi connectivity index (χ4n) is 3.80. The van der Waals surface area contributed by atoms with Crippen molar-refractivity contribution in [2.75, 3.05) is 13.2 Å². The van der Waals surface area contributed by atoms with Gasteiger partial charge in [0.2, 0.25) is 6.10 Å². The molecule has 3 unspecified atom stereocenters. The summed E-state index contributed by atoms with van der Waals surface area (Å²) in [6.07, 6.45) is 2.47. The largest absolute Gasteiger partial charge is 0.509 e. The molecule has 2 aliphatic rings. The Morgan fingerprint density at radius 1 is 1.45 bits per heavy atom. The molecule has 0 spiro atoms. The molecule has 1 saturated heterocycles. The van der Waals surface area contributed by atoms with Crippen molar-refractivity contribution >= 4 is 12.1 Å². The molecule has 0 aromatic heterocycles. The van der Waals surface area contributed by atoms with E-state index in [1.54, 1.807) is 6.26 Å². The van der Waals surface area contributed by atoms with Gasteiger partial charge in [0.25, 0.3) is 12.2 Å². The first kappa shape index (κ1) is 16.4. The summed E-state index contributed by atoms with van der Waals surface area (Å²) in [5.41, 5.74) is -0.162. The summed E-state index contributed by atoms with van der Waals surface area (Å²) in [6, 6.07) is -0.0529. The number of hydrogen-bond donors (Lipinski definition) is 1. The van der Waals surface area contributed by atoms with Gasteiger partial charge in [-0.15, -0.1) is 0 Å². The Bertz CT molecular complexity index is 499. The second-order valence-corrected chi connectivity index (χ2v) is 7.31. The molecule has 0 aromatic carbocycles. The molecule has 3 atom stereocenters. The van der Waals surface area contributed by atoms with E-state index in [1.165, 1.54) is 0 Å². The van der Waals surface area contributed by atoms with E-state index < -0.39 is 12.3 Å². The fourth-order valence-corrected chi connectivity index (χ4v) is 3.80. The second kappa shape index (κ2) is 6.03. The van der Waals surface area contributed by atoms with Gasteiger partial charge in [0.1, 0.15) is 13.2 Å². The van der Waals surface area contributed by atoms with E-state index in [0.717, 1.165) is 12.8 Å². The highest BCUT2D eigenvalue weighted by atomic mass is 16.8. The van der Waals surface area contributed by atoms with Crippen LogP contribution in [-0.2, 0) is 19.0 Å². The van der Waals surface area contributed by atoms with Gasteiger partial charge in [-0.2, -0.15) is 5.26 Å². The van der Waals surface area contributed by atoms with Gasteiger partial charge >= 0.3 is 6.16 Å². The Morgan fingerprint density at radius 3 is 2.77 bits per heavy atom. The molecule has 0 aromatic rings. The zero-order valence-electron chi connectivity index (χ0n) is 13.2. The maximum Gasteiger partial charge on any atom is 0.509 e. The first-order chi connectivity index (χ1) is 10.2. The number of nitrogens with one attached hydrogen (secondary N) is 1. The van der Waals surface area contributed by atoms with E-state index in [0.29, 0.717) is 13.0 Å². The summed E-state index contributed by atoms with van der Waals surface area (Å²) in [7, 11) is 0. The number of carbonyl (C=O) groups excluding carboxylic acids is 2. The van der Waals surface area contributed by atoms with Gasteiger partial charge < -0.3 is 19.5 Å². The monoisotopic (exact) mass is 310 g/mol. The van der Waals surface area contributed by atoms with Gasteiger partial charge in [0.15, 0.2) is 0 Å². The van der Waals surface area contributed by atoms with Gasteiger partial charge in [-0.1, -0.05) is 20.8 Å². The highest BCUT2D eigenvalue weighted by molar-refractivity contribution is 5.84. The van der Waals surface area contributed by atoms with Gasteiger partial charge in [-0.25, -0.2) is 4.79 Å². The Kier molecular flexibility index (Phi) is 4.50. The van der Waals surface area contributed by atoms with Crippen LogP contribution in [0, 0.1) is 22.3 Å². The average molecular weight is 310 g/mol. The lowest BCUT2D eigenvalue weighted by molar-refractivity contribution is -0.129. The van der Waals surface area contributed by atoms with Crippen LogP contribution in [0.1, 0.15) is 40.0 Å². The van der Waals surface area contributed by atoms with E-state index in [-0.39, 0.29) is 29.4 Å². The molecule has 122 valence electrons. The van der Waals surface area contributed by atoms with Crippen molar-refractivity contribution < 1.29 is 23.8 Å². The lowest BCUT2D eigenvalue weighted by Crippen LogP contribution is -2.50. The van der Waals surface area contributed by atoms with Crippen molar-refractivity contribution in [2.24, 2.45) is 10.8 Å². The second-order valence-electron chi connectivity index (χ2n) is 7.31. The average Bonchev–Trinajstić information content (AvgIpc) is 2.81. The Labute approximate surface area is 129 Å². The summed E-state index contributed by atoms with van der Waals surface area (Å²) < 4.78 is 14.4. The molecular formula is C15H22N2O5. The fraction of sp³-hybridized carbons (Fsp3) is 0.800. The highest BCUT2D eigenvalue weighted by Gasteiger charge is 2.43. The number of cyclic esters (lactones) is 2. The van der Waals surface area contributed by atoms with E-state index in [9.17, 15) is 9.59 Å². The quantitative estimate of drug-likeness (QED) is 0.627. The molecule has 7 nitrogen and oxygen atoms in total. The first-order valence-corrected chi connectivity index (χ1v) is 7.38. The predicted octanol–water partition coefficient (Wildman–Crippen LogP) is 1.72. The number of rotatable bonds is 4. The summed E-state index contributed by atoms with van der Waals surface area (Å²) in [5, 5.41) is 11.6. The third kappa shape index (κ3) is 4.03. The summed E-state index contributed by atoms with van der Waals surface area (Å²) in [6.45, 7) is 6.61. The molecule has 0 radical (unpaired) electrons. The van der Waals surface area contributed by atoms with Crippen LogP contribution in [0.25, 0.3) is 0 Å². The maximum absolute atomic E-state index is 12.1. The number of nitriles is 1. The van der Waals surface area contributed by atoms with E-state index in [1.807, 2.05) is 0 Å². The number of amides is 1. The smallest absolute Gasteiger partial charge is 0.430 e. The molecule has 1 saturated carbocycles.